The molecule has 1 aromatic heterocycles. The van der Waals surface area contributed by atoms with Crippen LogP contribution in [0, 0.1) is 0 Å². The molecular weight excluding hydrogens is 468 g/mol. The Morgan fingerprint density at radius 2 is 1.57 bits per heavy atom. The summed E-state index contributed by atoms with van der Waals surface area (Å²) in [6, 6.07) is 24.3. The fraction of sp³-hybridized carbons (Fsp3) is 0.267. The molecule has 1 saturated heterocycles. The Hall–Kier alpha value is -4.26. The van der Waals surface area contributed by atoms with E-state index in [9.17, 15) is 9.59 Å². The van der Waals surface area contributed by atoms with Gasteiger partial charge >= 0.3 is 0 Å². The molecule has 0 bridgehead atoms. The summed E-state index contributed by atoms with van der Waals surface area (Å²) in [5.41, 5.74) is 2.01. The first-order valence-corrected chi connectivity index (χ1v) is 12.6. The number of piperidine rings is 1. The molecule has 0 unspecified atom stereocenters. The number of hydrogen-bond acceptors (Lipinski definition) is 5. The van der Waals surface area contributed by atoms with Crippen LogP contribution < -0.4 is 14.8 Å². The molecule has 3 aromatic carbocycles. The summed E-state index contributed by atoms with van der Waals surface area (Å²) in [7, 11) is 0. The Balaban J connectivity index is 1.22. The zero-order valence-electron chi connectivity index (χ0n) is 20.8. The zero-order chi connectivity index (χ0) is 25.6. The van der Waals surface area contributed by atoms with Crippen LogP contribution >= 0.6 is 0 Å². The molecule has 37 heavy (non-hydrogen) atoms. The summed E-state index contributed by atoms with van der Waals surface area (Å²) in [5, 5.41) is 3.97. The highest BCUT2D eigenvalue weighted by Crippen LogP contribution is 2.28. The average Bonchev–Trinajstić information content (AvgIpc) is 3.32. The third kappa shape index (κ3) is 5.61. The van der Waals surface area contributed by atoms with Crippen molar-refractivity contribution in [1.29, 1.82) is 0 Å². The van der Waals surface area contributed by atoms with E-state index in [-0.39, 0.29) is 30.2 Å². The number of nitrogens with zero attached hydrogens (tertiary/aromatic N) is 1. The minimum Gasteiger partial charge on any atom is -0.494 e. The Kier molecular flexibility index (Phi) is 7.40. The fourth-order valence-corrected chi connectivity index (χ4v) is 4.62. The van der Waals surface area contributed by atoms with Gasteiger partial charge in [-0.3, -0.25) is 9.59 Å². The molecule has 0 saturated carbocycles. The van der Waals surface area contributed by atoms with E-state index in [2.05, 4.69) is 5.32 Å². The Morgan fingerprint density at radius 3 is 2.30 bits per heavy atom. The first-order chi connectivity index (χ1) is 18.1. The van der Waals surface area contributed by atoms with Crippen LogP contribution in [-0.2, 0) is 6.61 Å². The van der Waals surface area contributed by atoms with Gasteiger partial charge in [0, 0.05) is 35.6 Å². The monoisotopic (exact) mass is 498 g/mol. The third-order valence-electron chi connectivity index (χ3n) is 6.56. The van der Waals surface area contributed by atoms with Crippen molar-refractivity contribution in [2.75, 3.05) is 19.7 Å². The van der Waals surface area contributed by atoms with Crippen molar-refractivity contribution in [3.8, 4) is 11.5 Å². The highest BCUT2D eigenvalue weighted by Gasteiger charge is 2.27. The van der Waals surface area contributed by atoms with Crippen LogP contribution in [0.25, 0.3) is 11.0 Å². The lowest BCUT2D eigenvalue weighted by Crippen LogP contribution is -2.46. The van der Waals surface area contributed by atoms with Gasteiger partial charge in [0.25, 0.3) is 11.8 Å². The van der Waals surface area contributed by atoms with Crippen molar-refractivity contribution in [3.63, 3.8) is 0 Å². The molecule has 1 fully saturated rings. The van der Waals surface area contributed by atoms with E-state index in [1.165, 1.54) is 0 Å². The second kappa shape index (κ2) is 11.2. The molecule has 7 nitrogen and oxygen atoms in total. The Bertz CT molecular complexity index is 1360. The number of amides is 2. The summed E-state index contributed by atoms with van der Waals surface area (Å²) >= 11 is 0. The van der Waals surface area contributed by atoms with Gasteiger partial charge in [-0.05, 0) is 62.2 Å². The second-order valence-corrected chi connectivity index (χ2v) is 9.00. The average molecular weight is 499 g/mol. The number of furan rings is 1. The molecule has 1 aliphatic heterocycles. The summed E-state index contributed by atoms with van der Waals surface area (Å²) < 4.78 is 17.4. The highest BCUT2D eigenvalue weighted by molar-refractivity contribution is 5.99. The molecule has 0 spiro atoms. The minimum atomic E-state index is -0.265. The zero-order valence-corrected chi connectivity index (χ0v) is 20.8. The normalized spacial score (nSPS) is 13.9. The van der Waals surface area contributed by atoms with Crippen LogP contribution in [0.5, 0.6) is 11.5 Å². The standard InChI is InChI=1S/C30H30N2O5/c1-2-35-24-14-12-21(13-15-24)30(34)32-18-16-22(17-19-32)31-29(33)28-26(20-36-23-8-4-3-5-9-23)25-10-6-7-11-27(25)37-28/h3-15,22H,2,16-20H2,1H3,(H,31,33). The molecule has 0 atom stereocenters. The van der Waals surface area contributed by atoms with Gasteiger partial charge in [0.2, 0.25) is 0 Å². The van der Waals surface area contributed by atoms with Gasteiger partial charge in [0.05, 0.1) is 6.61 Å². The van der Waals surface area contributed by atoms with Crippen molar-refractivity contribution >= 4 is 22.8 Å². The second-order valence-electron chi connectivity index (χ2n) is 9.00. The molecule has 5 rings (SSSR count). The van der Waals surface area contributed by atoms with Crippen LogP contribution in [0.2, 0.25) is 0 Å². The first-order valence-electron chi connectivity index (χ1n) is 12.6. The van der Waals surface area contributed by atoms with Crippen LogP contribution in [0.1, 0.15) is 46.2 Å². The van der Waals surface area contributed by atoms with Gasteiger partial charge < -0.3 is 24.1 Å². The number of rotatable bonds is 8. The van der Waals surface area contributed by atoms with Gasteiger partial charge in [-0.1, -0.05) is 36.4 Å². The number of ether oxygens (including phenoxy) is 2. The lowest BCUT2D eigenvalue weighted by Gasteiger charge is -2.32. The van der Waals surface area contributed by atoms with E-state index in [1.807, 2.05) is 78.6 Å². The van der Waals surface area contributed by atoms with E-state index < -0.39 is 0 Å². The predicted octanol–water partition coefficient (Wildman–Crippen LogP) is 5.45. The number of likely N-dealkylation sites (tertiary alicyclic amines) is 1. The molecule has 1 N–H and O–H groups in total. The highest BCUT2D eigenvalue weighted by atomic mass is 16.5. The van der Waals surface area contributed by atoms with Gasteiger partial charge in [0.15, 0.2) is 5.76 Å². The van der Waals surface area contributed by atoms with E-state index in [1.54, 1.807) is 12.1 Å². The van der Waals surface area contributed by atoms with Crippen molar-refractivity contribution in [2.45, 2.75) is 32.4 Å². The summed E-state index contributed by atoms with van der Waals surface area (Å²) in [6.45, 7) is 3.87. The van der Waals surface area contributed by atoms with Crippen molar-refractivity contribution in [2.24, 2.45) is 0 Å². The summed E-state index contributed by atoms with van der Waals surface area (Å²) in [4.78, 5) is 28.0. The topological polar surface area (TPSA) is 81.0 Å². The van der Waals surface area contributed by atoms with E-state index in [0.29, 0.717) is 43.7 Å². The minimum absolute atomic E-state index is 0.00884. The summed E-state index contributed by atoms with van der Waals surface area (Å²) in [6.07, 6.45) is 1.34. The van der Waals surface area contributed by atoms with Gasteiger partial charge in [-0.15, -0.1) is 0 Å². The molecule has 2 heterocycles. The molecule has 0 aliphatic carbocycles. The van der Waals surface area contributed by atoms with Crippen molar-refractivity contribution in [3.05, 3.63) is 95.7 Å². The fourth-order valence-electron chi connectivity index (χ4n) is 4.62. The molecule has 0 radical (unpaired) electrons. The number of hydrogen-bond donors (Lipinski definition) is 1. The van der Waals surface area contributed by atoms with Gasteiger partial charge in [0.1, 0.15) is 23.7 Å². The van der Waals surface area contributed by atoms with Crippen LogP contribution in [0.15, 0.2) is 83.3 Å². The first kappa shape index (κ1) is 24.4. The lowest BCUT2D eigenvalue weighted by molar-refractivity contribution is 0.0695. The van der Waals surface area contributed by atoms with Gasteiger partial charge in [-0.25, -0.2) is 0 Å². The Morgan fingerprint density at radius 1 is 0.892 bits per heavy atom. The van der Waals surface area contributed by atoms with E-state index >= 15 is 0 Å². The molecule has 4 aromatic rings. The largest absolute Gasteiger partial charge is 0.494 e. The summed E-state index contributed by atoms with van der Waals surface area (Å²) in [5.74, 6) is 1.47. The molecule has 1 aliphatic rings. The van der Waals surface area contributed by atoms with Crippen molar-refractivity contribution in [1.82, 2.24) is 10.2 Å². The van der Waals surface area contributed by atoms with E-state index in [0.717, 1.165) is 22.4 Å². The number of nitrogens with one attached hydrogen (secondary N) is 1. The maximum Gasteiger partial charge on any atom is 0.287 e. The number of benzene rings is 3. The SMILES string of the molecule is CCOc1ccc(C(=O)N2CCC(NC(=O)c3oc4ccccc4c3COc3ccccc3)CC2)cc1. The quantitative estimate of drug-likeness (QED) is 0.350. The smallest absolute Gasteiger partial charge is 0.287 e. The number of para-hydroxylation sites is 2. The molecule has 2 amide bonds. The van der Waals surface area contributed by atoms with E-state index in [4.69, 9.17) is 13.9 Å². The third-order valence-corrected chi connectivity index (χ3v) is 6.56. The van der Waals surface area contributed by atoms with Crippen LogP contribution in [0.4, 0.5) is 0 Å². The number of carbonyl (C=O) groups is 2. The maximum absolute atomic E-state index is 13.3. The van der Waals surface area contributed by atoms with Crippen molar-refractivity contribution < 1.29 is 23.5 Å². The maximum atomic E-state index is 13.3. The molecular formula is C30H30N2O5. The predicted molar refractivity (Wildman–Crippen MR) is 141 cm³/mol. The molecule has 7 heteroatoms. The molecule has 190 valence electrons. The number of carbonyl (C=O) groups excluding carboxylic acids is 2. The lowest BCUT2D eigenvalue weighted by atomic mass is 10.0. The van der Waals surface area contributed by atoms with Crippen LogP contribution in [0.3, 0.4) is 0 Å². The van der Waals surface area contributed by atoms with Gasteiger partial charge in [-0.2, -0.15) is 0 Å². The van der Waals surface area contributed by atoms with Crippen LogP contribution in [-0.4, -0.2) is 42.5 Å². The number of fused-ring (bicyclic) bond motifs is 1. The Labute approximate surface area is 216 Å².